The zero-order valence-corrected chi connectivity index (χ0v) is 7.51. The molecule has 1 rings (SSSR count). The van der Waals surface area contributed by atoms with Crippen LogP contribution >= 0.6 is 0 Å². The van der Waals surface area contributed by atoms with Crippen molar-refractivity contribution in [2.45, 2.75) is 0 Å². The molecular formula is C8H8N4O3. The van der Waals surface area contributed by atoms with Crippen LogP contribution in [0.25, 0.3) is 0 Å². The fourth-order valence-corrected chi connectivity index (χ4v) is 0.893. The molecule has 7 nitrogen and oxygen atoms in total. The molecule has 0 aliphatic carbocycles. The Bertz CT molecular complexity index is 450. The van der Waals surface area contributed by atoms with Gasteiger partial charge in [0.1, 0.15) is 6.07 Å². The number of nitrogens with two attached hydrogens (primary N) is 2. The third-order valence-electron chi connectivity index (χ3n) is 1.56. The van der Waals surface area contributed by atoms with Gasteiger partial charge < -0.3 is 20.8 Å². The zero-order chi connectivity index (χ0) is 11.4. The van der Waals surface area contributed by atoms with Gasteiger partial charge in [0, 0.05) is 12.1 Å². The highest BCUT2D eigenvalue weighted by Crippen LogP contribution is 2.32. The molecule has 0 atom stereocenters. The molecule has 15 heavy (non-hydrogen) atoms. The first-order chi connectivity index (χ1) is 7.08. The first kappa shape index (κ1) is 10.6. The lowest BCUT2D eigenvalue weighted by Crippen LogP contribution is -2.19. The number of rotatable bonds is 1. The number of benzene rings is 1. The number of nitrogens with zero attached hydrogens (tertiary/aromatic N) is 2. The Hall–Kier alpha value is -2.46. The van der Waals surface area contributed by atoms with Gasteiger partial charge in [0.05, 0.1) is 11.3 Å². The summed E-state index contributed by atoms with van der Waals surface area (Å²) in [6.45, 7) is 0. The van der Waals surface area contributed by atoms with Crippen molar-refractivity contribution in [3.63, 3.8) is 0 Å². The number of phenolic OH excluding ortho intramolecular Hbond substituents is 2. The molecule has 7 heteroatoms. The van der Waals surface area contributed by atoms with Gasteiger partial charge >= 0.3 is 6.02 Å². The minimum atomic E-state index is -0.419. The predicted molar refractivity (Wildman–Crippen MR) is 51.0 cm³/mol. The maximum atomic E-state index is 9.16. The lowest BCUT2D eigenvalue weighted by atomic mass is 10.2. The van der Waals surface area contributed by atoms with E-state index in [4.69, 9.17) is 27.1 Å². The van der Waals surface area contributed by atoms with Gasteiger partial charge in [-0.3, -0.25) is 0 Å². The second kappa shape index (κ2) is 4.17. The maximum Gasteiger partial charge on any atom is 0.307 e. The van der Waals surface area contributed by atoms with E-state index in [2.05, 4.69) is 9.83 Å². The molecule has 6 N–H and O–H groups in total. The molecule has 0 aliphatic heterocycles. The van der Waals surface area contributed by atoms with Crippen LogP contribution in [0.5, 0.6) is 11.5 Å². The van der Waals surface area contributed by atoms with Crippen molar-refractivity contribution in [2.24, 2.45) is 16.6 Å². The third kappa shape index (κ3) is 2.26. The molecule has 0 radical (unpaired) electrons. The average Bonchev–Trinajstić information content (AvgIpc) is 2.22. The predicted octanol–water partition coefficient (Wildman–Crippen LogP) is -0.194. The summed E-state index contributed by atoms with van der Waals surface area (Å²) in [5.74, 6) is 3.89. The van der Waals surface area contributed by atoms with E-state index in [0.29, 0.717) is 0 Å². The molecule has 0 saturated heterocycles. The van der Waals surface area contributed by atoms with Crippen molar-refractivity contribution in [3.8, 4) is 17.6 Å². The van der Waals surface area contributed by atoms with E-state index in [1.54, 1.807) is 6.07 Å². The Morgan fingerprint density at radius 2 is 2.00 bits per heavy atom. The van der Waals surface area contributed by atoms with E-state index < -0.39 is 11.5 Å². The minimum absolute atomic E-state index is 0.0327. The molecule has 0 aromatic heterocycles. The molecule has 0 amide bonds. The maximum absolute atomic E-state index is 9.16. The van der Waals surface area contributed by atoms with Gasteiger partial charge in [-0.05, 0) is 0 Å². The van der Waals surface area contributed by atoms with Gasteiger partial charge in [-0.1, -0.05) is 0 Å². The molecular weight excluding hydrogens is 200 g/mol. The number of phenols is 2. The molecule has 1 aromatic carbocycles. The highest BCUT2D eigenvalue weighted by Gasteiger charge is 2.08. The molecule has 0 bridgehead atoms. The van der Waals surface area contributed by atoms with Crippen LogP contribution in [-0.4, -0.2) is 16.2 Å². The Morgan fingerprint density at radius 3 is 2.53 bits per heavy atom. The molecule has 1 aromatic rings. The molecule has 0 unspecified atom stereocenters. The lowest BCUT2D eigenvalue weighted by Gasteiger charge is -2.02. The topological polar surface area (TPSA) is 138 Å². The van der Waals surface area contributed by atoms with Crippen molar-refractivity contribution >= 4 is 11.7 Å². The van der Waals surface area contributed by atoms with Crippen LogP contribution in [0.3, 0.4) is 0 Å². The fourth-order valence-electron chi connectivity index (χ4n) is 0.893. The number of amidine groups is 1. The van der Waals surface area contributed by atoms with Crippen LogP contribution in [0, 0.1) is 11.3 Å². The number of hydrogen-bond donors (Lipinski definition) is 4. The van der Waals surface area contributed by atoms with Crippen LogP contribution < -0.4 is 11.6 Å². The second-order valence-electron chi connectivity index (χ2n) is 2.54. The quantitative estimate of drug-likeness (QED) is 0.218. The van der Waals surface area contributed by atoms with Gasteiger partial charge in [-0.25, -0.2) is 0 Å². The van der Waals surface area contributed by atoms with Gasteiger partial charge in [-0.15, -0.1) is 0 Å². The largest absolute Gasteiger partial charge is 0.504 e. The molecule has 0 aliphatic rings. The first-order valence-electron chi connectivity index (χ1n) is 3.75. The highest BCUT2D eigenvalue weighted by atomic mass is 16.6. The van der Waals surface area contributed by atoms with Crippen LogP contribution in [0.15, 0.2) is 17.1 Å². The van der Waals surface area contributed by atoms with Gasteiger partial charge in [0.15, 0.2) is 11.5 Å². The molecule has 0 heterocycles. The van der Waals surface area contributed by atoms with E-state index in [0.717, 1.165) is 12.1 Å². The number of aliphatic imine (C=N–C) groups is 1. The van der Waals surface area contributed by atoms with Crippen LogP contribution in [0.2, 0.25) is 0 Å². The summed E-state index contributed by atoms with van der Waals surface area (Å²) in [6.07, 6.45) is 0. The van der Waals surface area contributed by atoms with E-state index in [-0.39, 0.29) is 17.3 Å². The lowest BCUT2D eigenvalue weighted by molar-refractivity contribution is 0.315. The first-order valence-corrected chi connectivity index (χ1v) is 3.75. The zero-order valence-electron chi connectivity index (χ0n) is 7.51. The van der Waals surface area contributed by atoms with Gasteiger partial charge in [-0.2, -0.15) is 16.2 Å². The van der Waals surface area contributed by atoms with Crippen molar-refractivity contribution in [2.75, 3.05) is 0 Å². The van der Waals surface area contributed by atoms with E-state index >= 15 is 0 Å². The standard InChI is InChI=1S/C8H8N4O3/c9-3-4-1-6(13)7(14)2-5(4)12-8(10)15-11/h1-2,13-14H,11H2,(H2,10,12). The van der Waals surface area contributed by atoms with Crippen molar-refractivity contribution in [3.05, 3.63) is 17.7 Å². The van der Waals surface area contributed by atoms with E-state index in [9.17, 15) is 0 Å². The molecule has 0 fully saturated rings. The normalized spacial score (nSPS) is 10.8. The number of hydrogen-bond acceptors (Lipinski definition) is 6. The van der Waals surface area contributed by atoms with Crippen molar-refractivity contribution in [1.29, 1.82) is 5.26 Å². The van der Waals surface area contributed by atoms with Crippen LogP contribution in [0.4, 0.5) is 5.69 Å². The van der Waals surface area contributed by atoms with Gasteiger partial charge in [0.25, 0.3) is 0 Å². The Labute approximate surface area is 84.8 Å². The minimum Gasteiger partial charge on any atom is -0.504 e. The molecule has 0 saturated carbocycles. The number of nitriles is 1. The fraction of sp³-hybridized carbons (Fsp3) is 0. The summed E-state index contributed by atoms with van der Waals surface area (Å²) in [4.78, 5) is 7.70. The molecule has 0 spiro atoms. The Morgan fingerprint density at radius 1 is 1.40 bits per heavy atom. The number of aromatic hydroxyl groups is 2. The van der Waals surface area contributed by atoms with Crippen molar-refractivity contribution < 1.29 is 15.1 Å². The van der Waals surface area contributed by atoms with Crippen LogP contribution in [0.1, 0.15) is 5.56 Å². The molecule has 78 valence electrons. The summed E-state index contributed by atoms with van der Waals surface area (Å²) in [7, 11) is 0. The van der Waals surface area contributed by atoms with E-state index in [1.165, 1.54) is 0 Å². The Kier molecular flexibility index (Phi) is 2.95. The monoisotopic (exact) mass is 208 g/mol. The summed E-state index contributed by atoms with van der Waals surface area (Å²) < 4.78 is 0. The van der Waals surface area contributed by atoms with Gasteiger partial charge in [0.2, 0.25) is 0 Å². The summed E-state index contributed by atoms with van der Waals surface area (Å²) in [5, 5.41) is 27.0. The van der Waals surface area contributed by atoms with Crippen LogP contribution in [-0.2, 0) is 4.84 Å². The van der Waals surface area contributed by atoms with Crippen molar-refractivity contribution in [1.82, 2.24) is 0 Å². The third-order valence-corrected chi connectivity index (χ3v) is 1.56. The Balaban J connectivity index is 3.30. The summed E-state index contributed by atoms with van der Waals surface area (Å²) in [5.41, 5.74) is 5.25. The second-order valence-corrected chi connectivity index (χ2v) is 2.54. The highest BCUT2D eigenvalue weighted by molar-refractivity contribution is 5.77. The summed E-state index contributed by atoms with van der Waals surface area (Å²) in [6, 6.07) is 3.52. The van der Waals surface area contributed by atoms with E-state index in [1.807, 2.05) is 0 Å². The SMILES string of the molecule is N#Cc1cc(O)c(O)cc1N=C(N)ON. The average molecular weight is 208 g/mol. The summed E-state index contributed by atoms with van der Waals surface area (Å²) >= 11 is 0. The smallest absolute Gasteiger partial charge is 0.307 e.